The third-order valence-electron chi connectivity index (χ3n) is 3.79. The van der Waals surface area contributed by atoms with Crippen LogP contribution in [-0.4, -0.2) is 67.1 Å². The Morgan fingerprint density at radius 2 is 2.03 bits per heavy atom. The molecule has 1 radical (unpaired) electrons. The first-order valence-electron chi connectivity index (χ1n) is 9.85. The maximum absolute atomic E-state index is 12.2. The van der Waals surface area contributed by atoms with Gasteiger partial charge in [0.25, 0.3) is 15.6 Å². The molecule has 0 aromatic heterocycles. The quantitative estimate of drug-likeness (QED) is 0.0859. The fourth-order valence-corrected chi connectivity index (χ4v) is 6.67. The summed E-state index contributed by atoms with van der Waals surface area (Å²) < 4.78 is 64.8. The molecule has 1 rings (SSSR count). The molecule has 1 heterocycles. The minimum atomic E-state index is -5.78. The topological polar surface area (TPSA) is 198 Å². The third-order valence-corrected chi connectivity index (χ3v) is 9.21. The maximum atomic E-state index is 12.2. The van der Waals surface area contributed by atoms with Crippen LogP contribution in [0.25, 0.3) is 0 Å². The first kappa shape index (κ1) is 29.7. The lowest BCUT2D eigenvalue weighted by atomic mass is 9.66. The van der Waals surface area contributed by atoms with E-state index in [0.717, 1.165) is 0 Å². The van der Waals surface area contributed by atoms with Gasteiger partial charge in [0.05, 0.1) is 25.1 Å². The summed E-state index contributed by atoms with van der Waals surface area (Å²) in [5.74, 6) is -0.00371. The van der Waals surface area contributed by atoms with Crippen molar-refractivity contribution in [3.05, 3.63) is 6.66 Å². The van der Waals surface area contributed by atoms with Crippen LogP contribution in [0.2, 0.25) is 6.32 Å². The van der Waals surface area contributed by atoms with E-state index in [2.05, 4.69) is 15.3 Å². The van der Waals surface area contributed by atoms with Crippen molar-refractivity contribution in [1.29, 1.82) is 0 Å². The van der Waals surface area contributed by atoms with Gasteiger partial charge in [-0.3, -0.25) is 27.6 Å². The SMILES string of the molecule is [2H]CSSCC(=O)C[B][C@H]1CC(OCCC(C)=O)[C@@H](COP([CH2-])(=O)OP(=O)([O-])OP(=O)([O-])O)O1. The molecule has 1 fully saturated rings. The minimum absolute atomic E-state index is 0.0456. The van der Waals surface area contributed by atoms with E-state index in [1.807, 2.05) is 0 Å². The van der Waals surface area contributed by atoms with E-state index in [-0.39, 0.29) is 49.3 Å². The first-order chi connectivity index (χ1) is 15.6. The van der Waals surface area contributed by atoms with Crippen LogP contribution < -0.4 is 9.79 Å². The standard InChI is InChI=1S/C14H26BO13P3S2/c1-10(16)4-5-24-12-6-14(15-7-11(17)9-33-32-3)26-13(12)8-25-29(2,18)27-31(22,23)28-30(19,20)21/h12-14H,2,4-9H2,1,3H3,(H,22,23)(H2,19,20,21)/q-1/p-2/t12?,13-,14-,29?/m1/s1/i3D. The number of rotatable bonds is 17. The summed E-state index contributed by atoms with van der Waals surface area (Å²) in [5, 5.41) is 0. The van der Waals surface area contributed by atoms with Gasteiger partial charge in [0.2, 0.25) is 0 Å². The Hall–Kier alpha value is 0.475. The van der Waals surface area contributed by atoms with Crippen molar-refractivity contribution in [1.82, 2.24) is 0 Å². The number of hydrogen-bond donors (Lipinski definition) is 1. The second-order valence-corrected chi connectivity index (χ2v) is 13.4. The van der Waals surface area contributed by atoms with Gasteiger partial charge in [-0.15, -0.1) is 0 Å². The molecule has 191 valence electrons. The Bertz CT molecular complexity index is 831. The van der Waals surface area contributed by atoms with Gasteiger partial charge in [-0.2, -0.15) is 0 Å². The first-order valence-corrected chi connectivity index (χ1v) is 16.3. The second kappa shape index (κ2) is 14.3. The average Bonchev–Trinajstić information content (AvgIpc) is 3.04. The highest BCUT2D eigenvalue weighted by Crippen LogP contribution is 2.64. The molecule has 33 heavy (non-hydrogen) atoms. The Morgan fingerprint density at radius 3 is 2.64 bits per heavy atom. The van der Waals surface area contributed by atoms with Gasteiger partial charge in [-0.1, -0.05) is 21.6 Å². The molecule has 1 aliphatic rings. The molecule has 0 aliphatic carbocycles. The molecule has 0 aromatic carbocycles. The molecule has 13 nitrogen and oxygen atoms in total. The van der Waals surface area contributed by atoms with Gasteiger partial charge in [-0.05, 0) is 25.9 Å². The van der Waals surface area contributed by atoms with Crippen LogP contribution in [0, 0.1) is 6.66 Å². The summed E-state index contributed by atoms with van der Waals surface area (Å²) in [5.41, 5.74) is 0. The van der Waals surface area contributed by atoms with E-state index < -0.39 is 48.1 Å². The Kier molecular flexibility index (Phi) is 12.8. The lowest BCUT2D eigenvalue weighted by Crippen LogP contribution is -2.29. The smallest absolute Gasteiger partial charge is 0.279 e. The van der Waals surface area contributed by atoms with Gasteiger partial charge in [0.1, 0.15) is 17.7 Å². The van der Waals surface area contributed by atoms with E-state index >= 15 is 0 Å². The lowest BCUT2D eigenvalue weighted by molar-refractivity contribution is -0.236. The van der Waals surface area contributed by atoms with Gasteiger partial charge in [0, 0.05) is 13.8 Å². The molecular formula is C14H24BO13P3S2-3. The molecule has 1 aliphatic heterocycles. The predicted octanol–water partition coefficient (Wildman–Crippen LogP) is 1.13. The minimum Gasteiger partial charge on any atom is -0.756 e. The molecule has 6 atom stereocenters. The maximum Gasteiger partial charge on any atom is 0.279 e. The molecule has 1 saturated heterocycles. The van der Waals surface area contributed by atoms with Crippen molar-refractivity contribution in [2.75, 3.05) is 25.2 Å². The van der Waals surface area contributed by atoms with Crippen molar-refractivity contribution in [3.63, 3.8) is 0 Å². The fourth-order valence-electron chi connectivity index (χ4n) is 2.51. The van der Waals surface area contributed by atoms with Crippen molar-refractivity contribution in [2.45, 2.75) is 44.3 Å². The highest BCUT2D eigenvalue weighted by atomic mass is 33.1. The normalized spacial score (nSPS) is 26.6. The van der Waals surface area contributed by atoms with Crippen molar-refractivity contribution in [2.24, 2.45) is 0 Å². The van der Waals surface area contributed by atoms with Gasteiger partial charge in [-0.25, -0.2) is 11.0 Å². The summed E-state index contributed by atoms with van der Waals surface area (Å²) in [6.07, 6.45) is -1.04. The van der Waals surface area contributed by atoms with Crippen molar-refractivity contribution < 1.29 is 62.0 Å². The lowest BCUT2D eigenvalue weighted by Gasteiger charge is -2.32. The molecular weight excluding hydrogens is 544 g/mol. The molecule has 4 unspecified atom stereocenters. The van der Waals surface area contributed by atoms with E-state index in [1.165, 1.54) is 28.5 Å². The summed E-state index contributed by atoms with van der Waals surface area (Å²) in [6, 6.07) is -0.575. The number of ketones is 2. The summed E-state index contributed by atoms with van der Waals surface area (Å²) in [7, 11) is -12.1. The Labute approximate surface area is 201 Å². The number of hydrogen-bond acceptors (Lipinski definition) is 14. The van der Waals surface area contributed by atoms with Crippen LogP contribution in [0.3, 0.4) is 0 Å². The van der Waals surface area contributed by atoms with Crippen LogP contribution in [0.15, 0.2) is 0 Å². The van der Waals surface area contributed by atoms with Gasteiger partial charge < -0.3 is 28.7 Å². The van der Waals surface area contributed by atoms with Crippen molar-refractivity contribution >= 4 is 63.7 Å². The average molecular weight is 569 g/mol. The number of ether oxygens (including phenoxy) is 2. The van der Waals surface area contributed by atoms with E-state index in [0.29, 0.717) is 0 Å². The molecule has 0 amide bonds. The molecule has 0 aromatic rings. The number of phosphoric acid groups is 2. The summed E-state index contributed by atoms with van der Waals surface area (Å²) in [6.45, 7) is 3.81. The van der Waals surface area contributed by atoms with E-state index in [4.69, 9.17) is 20.3 Å². The molecule has 0 bridgehead atoms. The van der Waals surface area contributed by atoms with E-state index in [1.54, 1.807) is 7.28 Å². The predicted molar refractivity (Wildman–Crippen MR) is 118 cm³/mol. The molecule has 19 heteroatoms. The summed E-state index contributed by atoms with van der Waals surface area (Å²) in [4.78, 5) is 53.5. The molecule has 0 spiro atoms. The number of carbonyl (C=O) groups is 2. The highest BCUT2D eigenvalue weighted by molar-refractivity contribution is 8.76. The zero-order valence-electron chi connectivity index (χ0n) is 18.5. The zero-order chi connectivity index (χ0) is 26.0. The van der Waals surface area contributed by atoms with Gasteiger partial charge in [0.15, 0.2) is 14.9 Å². The van der Waals surface area contributed by atoms with Gasteiger partial charge >= 0.3 is 0 Å². The number of Topliss-reactive ketones (excluding diaryl/α,β-unsaturated/α-hetero) is 2. The van der Waals surface area contributed by atoms with Crippen LogP contribution in [0.4, 0.5) is 0 Å². The Balaban J connectivity index is 2.68. The third kappa shape index (κ3) is 14.6. The summed E-state index contributed by atoms with van der Waals surface area (Å²) >= 11 is 0. The Morgan fingerprint density at radius 1 is 1.33 bits per heavy atom. The van der Waals surface area contributed by atoms with Crippen LogP contribution in [0.1, 0.15) is 21.1 Å². The van der Waals surface area contributed by atoms with Crippen molar-refractivity contribution in [3.8, 4) is 0 Å². The molecule has 0 saturated carbocycles. The number of carbonyl (C=O) groups excluding carboxylic acids is 2. The van der Waals surface area contributed by atoms with E-state index in [9.17, 15) is 33.1 Å². The second-order valence-electron chi connectivity index (χ2n) is 6.65. The zero-order valence-corrected chi connectivity index (χ0v) is 21.8. The van der Waals surface area contributed by atoms with Crippen LogP contribution in [0.5, 0.6) is 0 Å². The molecule has 1 N–H and O–H groups in total. The van der Waals surface area contributed by atoms with Crippen LogP contribution >= 0.6 is 44.8 Å². The fraction of sp³-hybridized carbons (Fsp3) is 0.786. The largest absolute Gasteiger partial charge is 0.756 e. The van der Waals surface area contributed by atoms with Crippen LogP contribution in [-0.2, 0) is 45.9 Å². The highest BCUT2D eigenvalue weighted by Gasteiger charge is 2.37. The monoisotopic (exact) mass is 569 g/mol.